The first-order valence-electron chi connectivity index (χ1n) is 5.41. The van der Waals surface area contributed by atoms with Crippen LogP contribution in [0.3, 0.4) is 0 Å². The Balaban J connectivity index is 1.63. The molecule has 0 atom stereocenters. The van der Waals surface area contributed by atoms with Crippen molar-refractivity contribution in [3.63, 3.8) is 0 Å². The van der Waals surface area contributed by atoms with Crippen molar-refractivity contribution in [3.05, 3.63) is 0 Å². The molecule has 76 valence electrons. The Morgan fingerprint density at radius 2 is 1.69 bits per heavy atom. The molecule has 2 aliphatic rings. The maximum absolute atomic E-state index is 5.22. The van der Waals surface area contributed by atoms with Gasteiger partial charge in [-0.3, -0.25) is 0 Å². The van der Waals surface area contributed by atoms with Crippen LogP contribution in [0, 0.1) is 10.8 Å². The topological polar surface area (TPSA) is 21.3 Å². The van der Waals surface area contributed by atoms with E-state index >= 15 is 0 Å². The van der Waals surface area contributed by atoms with Crippen molar-refractivity contribution in [3.8, 4) is 0 Å². The van der Waals surface area contributed by atoms with Gasteiger partial charge in [0.25, 0.3) is 0 Å². The van der Waals surface area contributed by atoms with Crippen molar-refractivity contribution in [1.29, 1.82) is 0 Å². The zero-order valence-corrected chi connectivity index (χ0v) is 8.86. The van der Waals surface area contributed by atoms with Gasteiger partial charge in [0, 0.05) is 18.5 Å². The highest BCUT2D eigenvalue weighted by atomic mass is 16.5. The molecule has 2 nitrogen and oxygen atoms in total. The Morgan fingerprint density at radius 3 is 2.08 bits per heavy atom. The Kier molecular flexibility index (Phi) is 2.37. The summed E-state index contributed by atoms with van der Waals surface area (Å²) in [4.78, 5) is 0. The number of rotatable bonds is 4. The maximum Gasteiger partial charge on any atom is 0.0554 e. The first kappa shape index (κ1) is 9.47. The SMILES string of the molecule is CC1(CNCC2(C)COC2)CCC1. The van der Waals surface area contributed by atoms with E-state index in [1.807, 2.05) is 0 Å². The standard InChI is InChI=1S/C11H21NO/c1-10(4-3-5-10)6-12-7-11(2)8-13-9-11/h12H,3-9H2,1-2H3. The first-order valence-corrected chi connectivity index (χ1v) is 5.41. The number of nitrogens with one attached hydrogen (secondary N) is 1. The molecule has 0 spiro atoms. The predicted octanol–water partition coefficient (Wildman–Crippen LogP) is 1.80. The van der Waals surface area contributed by atoms with Gasteiger partial charge < -0.3 is 10.1 Å². The largest absolute Gasteiger partial charge is 0.380 e. The second-order valence-corrected chi connectivity index (χ2v) is 5.57. The summed E-state index contributed by atoms with van der Waals surface area (Å²) < 4.78 is 5.22. The lowest BCUT2D eigenvalue weighted by Crippen LogP contribution is -2.49. The maximum atomic E-state index is 5.22. The molecule has 0 amide bonds. The van der Waals surface area contributed by atoms with Gasteiger partial charge in [0.15, 0.2) is 0 Å². The molecule has 2 rings (SSSR count). The van der Waals surface area contributed by atoms with Crippen molar-refractivity contribution in [2.45, 2.75) is 33.1 Å². The molecule has 0 aromatic carbocycles. The van der Waals surface area contributed by atoms with Gasteiger partial charge in [0.1, 0.15) is 0 Å². The van der Waals surface area contributed by atoms with Gasteiger partial charge in [-0.05, 0) is 18.3 Å². The Hall–Kier alpha value is -0.0800. The summed E-state index contributed by atoms with van der Waals surface area (Å²) in [5.74, 6) is 0. The van der Waals surface area contributed by atoms with Gasteiger partial charge in [0.2, 0.25) is 0 Å². The van der Waals surface area contributed by atoms with Crippen LogP contribution in [-0.4, -0.2) is 26.3 Å². The third kappa shape index (κ3) is 2.05. The molecule has 2 fully saturated rings. The van der Waals surface area contributed by atoms with E-state index in [-0.39, 0.29) is 0 Å². The lowest BCUT2D eigenvalue weighted by atomic mass is 9.70. The zero-order chi connectivity index (χ0) is 9.36. The molecular formula is C11H21NO. The lowest BCUT2D eigenvalue weighted by molar-refractivity contribution is -0.100. The summed E-state index contributed by atoms with van der Waals surface area (Å²) in [5.41, 5.74) is 1.04. The van der Waals surface area contributed by atoms with Gasteiger partial charge in [-0.1, -0.05) is 20.3 Å². The van der Waals surface area contributed by atoms with E-state index in [2.05, 4.69) is 19.2 Å². The smallest absolute Gasteiger partial charge is 0.0554 e. The highest BCUT2D eigenvalue weighted by molar-refractivity contribution is 4.88. The minimum Gasteiger partial charge on any atom is -0.380 e. The van der Waals surface area contributed by atoms with E-state index in [1.54, 1.807) is 0 Å². The van der Waals surface area contributed by atoms with Crippen molar-refractivity contribution in [2.24, 2.45) is 10.8 Å². The highest BCUT2D eigenvalue weighted by Gasteiger charge is 2.35. The summed E-state index contributed by atoms with van der Waals surface area (Å²) in [6, 6.07) is 0. The third-order valence-corrected chi connectivity index (χ3v) is 3.57. The zero-order valence-electron chi connectivity index (χ0n) is 8.86. The normalized spacial score (nSPS) is 29.1. The Labute approximate surface area is 81.0 Å². The molecule has 0 unspecified atom stereocenters. The van der Waals surface area contributed by atoms with E-state index in [9.17, 15) is 0 Å². The van der Waals surface area contributed by atoms with Crippen molar-refractivity contribution in [1.82, 2.24) is 5.32 Å². The molecule has 1 heterocycles. The predicted molar refractivity (Wildman–Crippen MR) is 53.8 cm³/mol. The molecule has 1 saturated carbocycles. The third-order valence-electron chi connectivity index (χ3n) is 3.57. The molecule has 0 aromatic rings. The van der Waals surface area contributed by atoms with Crippen LogP contribution in [0.15, 0.2) is 0 Å². The fourth-order valence-electron chi connectivity index (χ4n) is 2.18. The minimum absolute atomic E-state index is 0.431. The average molecular weight is 183 g/mol. The molecule has 1 N–H and O–H groups in total. The molecule has 1 aliphatic carbocycles. The van der Waals surface area contributed by atoms with Crippen LogP contribution in [0.4, 0.5) is 0 Å². The molecule has 0 aromatic heterocycles. The van der Waals surface area contributed by atoms with E-state index in [0.29, 0.717) is 10.8 Å². The second-order valence-electron chi connectivity index (χ2n) is 5.57. The van der Waals surface area contributed by atoms with Crippen LogP contribution in [0.25, 0.3) is 0 Å². The monoisotopic (exact) mass is 183 g/mol. The summed E-state index contributed by atoms with van der Waals surface area (Å²) >= 11 is 0. The fourth-order valence-corrected chi connectivity index (χ4v) is 2.18. The fraction of sp³-hybridized carbons (Fsp3) is 1.00. The van der Waals surface area contributed by atoms with Gasteiger partial charge >= 0.3 is 0 Å². The van der Waals surface area contributed by atoms with Crippen LogP contribution < -0.4 is 5.32 Å². The molecule has 0 radical (unpaired) electrons. The molecule has 13 heavy (non-hydrogen) atoms. The van der Waals surface area contributed by atoms with Crippen molar-refractivity contribution in [2.75, 3.05) is 26.3 Å². The Morgan fingerprint density at radius 1 is 1.08 bits per heavy atom. The summed E-state index contributed by atoms with van der Waals surface area (Å²) in [6.45, 7) is 8.90. The molecular weight excluding hydrogens is 162 g/mol. The number of hydrogen-bond donors (Lipinski definition) is 1. The van der Waals surface area contributed by atoms with Crippen LogP contribution in [0.5, 0.6) is 0 Å². The van der Waals surface area contributed by atoms with E-state index in [1.165, 1.54) is 25.8 Å². The van der Waals surface area contributed by atoms with E-state index in [4.69, 9.17) is 4.74 Å². The summed E-state index contributed by atoms with van der Waals surface area (Å²) in [6.07, 6.45) is 4.25. The second kappa shape index (κ2) is 3.25. The highest BCUT2D eigenvalue weighted by Crippen LogP contribution is 2.39. The van der Waals surface area contributed by atoms with Gasteiger partial charge in [0.05, 0.1) is 13.2 Å². The molecule has 1 saturated heterocycles. The van der Waals surface area contributed by atoms with Crippen LogP contribution >= 0.6 is 0 Å². The van der Waals surface area contributed by atoms with Crippen LogP contribution in [-0.2, 0) is 4.74 Å². The van der Waals surface area contributed by atoms with Crippen molar-refractivity contribution >= 4 is 0 Å². The first-order chi connectivity index (χ1) is 6.12. The number of hydrogen-bond acceptors (Lipinski definition) is 2. The van der Waals surface area contributed by atoms with E-state index in [0.717, 1.165) is 19.8 Å². The molecule has 2 heteroatoms. The van der Waals surface area contributed by atoms with E-state index < -0.39 is 0 Å². The molecule has 1 aliphatic heterocycles. The molecule has 0 bridgehead atoms. The van der Waals surface area contributed by atoms with Gasteiger partial charge in [-0.25, -0.2) is 0 Å². The van der Waals surface area contributed by atoms with Crippen molar-refractivity contribution < 1.29 is 4.74 Å². The number of ether oxygens (including phenoxy) is 1. The quantitative estimate of drug-likeness (QED) is 0.717. The van der Waals surface area contributed by atoms with Gasteiger partial charge in [-0.2, -0.15) is 0 Å². The van der Waals surface area contributed by atoms with Gasteiger partial charge in [-0.15, -0.1) is 0 Å². The summed E-state index contributed by atoms with van der Waals surface area (Å²) in [5, 5.41) is 3.59. The van der Waals surface area contributed by atoms with Crippen LogP contribution in [0.1, 0.15) is 33.1 Å². The average Bonchev–Trinajstić information content (AvgIpc) is 1.98. The Bertz CT molecular complexity index is 163. The minimum atomic E-state index is 0.431. The van der Waals surface area contributed by atoms with Crippen LogP contribution in [0.2, 0.25) is 0 Å². The summed E-state index contributed by atoms with van der Waals surface area (Å²) in [7, 11) is 0. The lowest BCUT2D eigenvalue weighted by Gasteiger charge is -2.42.